The molecule has 0 aliphatic rings. The van der Waals surface area contributed by atoms with Gasteiger partial charge in [0, 0.05) is 45.2 Å². The van der Waals surface area contributed by atoms with Crippen molar-refractivity contribution in [2.75, 3.05) is 60.0 Å². The second kappa shape index (κ2) is 29.6. The van der Waals surface area contributed by atoms with Gasteiger partial charge in [-0.15, -0.1) is 0 Å². The molecule has 0 amide bonds. The molecule has 2 atom stereocenters. The van der Waals surface area contributed by atoms with Crippen molar-refractivity contribution >= 4 is 5.97 Å². The van der Waals surface area contributed by atoms with Crippen LogP contribution in [0.4, 0.5) is 0 Å². The molecule has 3 aromatic carbocycles. The van der Waals surface area contributed by atoms with Gasteiger partial charge in [0.25, 0.3) is 0 Å². The summed E-state index contributed by atoms with van der Waals surface area (Å²) in [7, 11) is 1.75. The Bertz CT molecular complexity index is 2050. The minimum absolute atomic E-state index is 0.0499. The van der Waals surface area contributed by atoms with Gasteiger partial charge in [-0.05, 0) is 168 Å². The lowest BCUT2D eigenvalue weighted by molar-refractivity contribution is -0.169. The van der Waals surface area contributed by atoms with Gasteiger partial charge in [-0.2, -0.15) is 0 Å². The van der Waals surface area contributed by atoms with E-state index < -0.39 is 22.8 Å². The maximum Gasteiger partial charge on any atom is 0.330 e. The van der Waals surface area contributed by atoms with E-state index in [9.17, 15) is 4.79 Å². The standard InChI is InChI=1S/C64H102O11/c1-19-56(65)75-62(12,13)51(47-70-53-32-24-21-25-33-53)49-74-64(16,17)58(4,5)39-27-29-43-72-60(8,9)41-45-68-55-36-34-54(35-37-55)67-44-40-59(6,7)71-42-28-26-38-57(2,3)63(14,15)73-48-50(61(10,11)66-18)46-69-52-30-22-20-23-31-52/h19-25,30-37,50-51H,1,26-29,38-49H2,2-18H3. The first-order valence-electron chi connectivity index (χ1n) is 27.6. The van der Waals surface area contributed by atoms with Crippen molar-refractivity contribution in [1.82, 2.24) is 0 Å². The highest BCUT2D eigenvalue weighted by Crippen LogP contribution is 2.41. The lowest BCUT2D eigenvalue weighted by Crippen LogP contribution is -2.47. The third-order valence-electron chi connectivity index (χ3n) is 16.1. The second-order valence-corrected chi connectivity index (χ2v) is 24.9. The lowest BCUT2D eigenvalue weighted by atomic mass is 9.73. The van der Waals surface area contributed by atoms with E-state index in [1.165, 1.54) is 6.08 Å². The van der Waals surface area contributed by atoms with Gasteiger partial charge in [0.2, 0.25) is 0 Å². The first-order valence-corrected chi connectivity index (χ1v) is 27.6. The number of para-hydroxylation sites is 2. The molecule has 3 aromatic rings. The summed E-state index contributed by atoms with van der Waals surface area (Å²) in [5, 5.41) is 0. The number of methoxy groups -OCH3 is 1. The highest BCUT2D eigenvalue weighted by molar-refractivity contribution is 5.81. The number of hydrogen-bond acceptors (Lipinski definition) is 11. The van der Waals surface area contributed by atoms with Crippen molar-refractivity contribution in [2.24, 2.45) is 22.7 Å². The molecule has 11 heteroatoms. The van der Waals surface area contributed by atoms with Crippen molar-refractivity contribution in [3.8, 4) is 23.0 Å². The predicted octanol–water partition coefficient (Wildman–Crippen LogP) is 15.1. The van der Waals surface area contributed by atoms with Gasteiger partial charge in [0.1, 0.15) is 28.6 Å². The van der Waals surface area contributed by atoms with Crippen molar-refractivity contribution in [1.29, 1.82) is 0 Å². The van der Waals surface area contributed by atoms with Crippen LogP contribution >= 0.6 is 0 Å². The summed E-state index contributed by atoms with van der Waals surface area (Å²) >= 11 is 0. The maximum absolute atomic E-state index is 12.2. The van der Waals surface area contributed by atoms with Crippen molar-refractivity contribution in [2.45, 2.75) is 196 Å². The molecule has 0 aliphatic heterocycles. The fourth-order valence-electron chi connectivity index (χ4n) is 8.13. The Morgan fingerprint density at radius 1 is 0.440 bits per heavy atom. The first kappa shape index (κ1) is 65.2. The van der Waals surface area contributed by atoms with E-state index >= 15 is 0 Å². The summed E-state index contributed by atoms with van der Waals surface area (Å²) in [5.41, 5.74) is -2.90. The summed E-state index contributed by atoms with van der Waals surface area (Å²) in [6.45, 7) is 42.0. The molecule has 0 fully saturated rings. The topological polar surface area (TPSA) is 109 Å². The van der Waals surface area contributed by atoms with Crippen LogP contribution in [0.15, 0.2) is 97.6 Å². The Morgan fingerprint density at radius 3 is 1.16 bits per heavy atom. The van der Waals surface area contributed by atoms with Gasteiger partial charge in [-0.25, -0.2) is 4.79 Å². The number of ether oxygens (including phenoxy) is 10. The molecule has 2 unspecified atom stereocenters. The van der Waals surface area contributed by atoms with Crippen LogP contribution in [0.2, 0.25) is 0 Å². The lowest BCUT2D eigenvalue weighted by Gasteiger charge is -2.44. The van der Waals surface area contributed by atoms with E-state index in [-0.39, 0.29) is 39.5 Å². The average Bonchev–Trinajstić information content (AvgIpc) is 3.34. The Hall–Kier alpha value is -4.13. The van der Waals surface area contributed by atoms with E-state index in [1.807, 2.05) is 98.8 Å². The number of rotatable bonds is 39. The molecule has 11 nitrogen and oxygen atoms in total. The Balaban J connectivity index is 1.32. The number of carbonyl (C=O) groups is 1. The molecular formula is C64H102O11. The van der Waals surface area contributed by atoms with Crippen molar-refractivity contribution in [3.05, 3.63) is 97.6 Å². The highest BCUT2D eigenvalue weighted by Gasteiger charge is 2.42. The molecular weight excluding hydrogens is 945 g/mol. The van der Waals surface area contributed by atoms with Gasteiger partial charge in [-0.1, -0.05) is 83.5 Å². The summed E-state index contributed by atoms with van der Waals surface area (Å²) in [4.78, 5) is 12.2. The van der Waals surface area contributed by atoms with Crippen LogP contribution in [-0.4, -0.2) is 99.5 Å². The normalized spacial score (nSPS) is 14.0. The van der Waals surface area contributed by atoms with E-state index in [4.69, 9.17) is 47.4 Å². The predicted molar refractivity (Wildman–Crippen MR) is 304 cm³/mol. The van der Waals surface area contributed by atoms with E-state index in [1.54, 1.807) is 7.11 Å². The molecule has 0 aliphatic carbocycles. The largest absolute Gasteiger partial charge is 0.493 e. The third kappa shape index (κ3) is 23.2. The number of benzene rings is 3. The Morgan fingerprint density at radius 2 is 0.800 bits per heavy atom. The number of carbonyl (C=O) groups excluding carboxylic acids is 1. The molecule has 0 saturated carbocycles. The van der Waals surface area contributed by atoms with Crippen LogP contribution in [0.25, 0.3) is 0 Å². The van der Waals surface area contributed by atoms with Gasteiger partial charge in [-0.3, -0.25) is 0 Å². The Kier molecular flexibility index (Phi) is 25.7. The maximum atomic E-state index is 12.2. The van der Waals surface area contributed by atoms with Crippen LogP contribution in [0, 0.1) is 22.7 Å². The first-order chi connectivity index (χ1) is 35.0. The van der Waals surface area contributed by atoms with Crippen molar-refractivity contribution in [3.63, 3.8) is 0 Å². The SMILES string of the molecule is C=CC(=O)OC(C)(C)C(COc1ccccc1)COC(C)(C)C(C)(C)CCCCOC(C)(C)CCOc1ccc(OCCC(C)(C)OCCCCC(C)(C)C(C)(C)OCC(COc2ccccc2)C(C)(C)OC)cc1. The molecule has 0 saturated heterocycles. The van der Waals surface area contributed by atoms with Gasteiger partial charge in [0.15, 0.2) is 0 Å². The van der Waals surface area contributed by atoms with Gasteiger partial charge < -0.3 is 47.4 Å². The fourth-order valence-corrected chi connectivity index (χ4v) is 8.13. The number of esters is 1. The Labute approximate surface area is 455 Å². The second-order valence-electron chi connectivity index (χ2n) is 24.9. The van der Waals surface area contributed by atoms with Crippen LogP contribution in [0.5, 0.6) is 23.0 Å². The molecule has 3 rings (SSSR count). The average molecular weight is 1050 g/mol. The zero-order chi connectivity index (χ0) is 56.0. The minimum Gasteiger partial charge on any atom is -0.493 e. The summed E-state index contributed by atoms with van der Waals surface area (Å²) in [6.07, 6.45) is 8.63. The molecule has 424 valence electrons. The molecule has 0 spiro atoms. The summed E-state index contributed by atoms with van der Waals surface area (Å²) in [6, 6.07) is 27.4. The number of unbranched alkanes of at least 4 members (excludes halogenated alkanes) is 2. The molecule has 0 heterocycles. The molecule has 0 aromatic heterocycles. The molecule has 0 radical (unpaired) electrons. The molecule has 0 bridgehead atoms. The van der Waals surface area contributed by atoms with Gasteiger partial charge in [0.05, 0.1) is 73.6 Å². The monoisotopic (exact) mass is 1050 g/mol. The fraction of sp³-hybridized carbons (Fsp3) is 0.672. The van der Waals surface area contributed by atoms with Gasteiger partial charge >= 0.3 is 5.97 Å². The zero-order valence-corrected chi connectivity index (χ0v) is 49.8. The van der Waals surface area contributed by atoms with Crippen LogP contribution in [-0.2, 0) is 33.2 Å². The highest BCUT2D eigenvalue weighted by atomic mass is 16.6. The van der Waals surface area contributed by atoms with Crippen LogP contribution < -0.4 is 18.9 Å². The van der Waals surface area contributed by atoms with Crippen LogP contribution in [0.3, 0.4) is 0 Å². The smallest absolute Gasteiger partial charge is 0.330 e. The number of hydrogen-bond donors (Lipinski definition) is 0. The minimum atomic E-state index is -0.837. The van der Waals surface area contributed by atoms with E-state index in [0.717, 1.165) is 74.4 Å². The van der Waals surface area contributed by atoms with Crippen molar-refractivity contribution < 1.29 is 52.2 Å². The third-order valence-corrected chi connectivity index (χ3v) is 16.1. The van der Waals surface area contributed by atoms with E-state index in [2.05, 4.69) is 104 Å². The van der Waals surface area contributed by atoms with E-state index in [0.29, 0.717) is 52.9 Å². The van der Waals surface area contributed by atoms with Crippen LogP contribution in [0.1, 0.15) is 162 Å². The quantitative estimate of drug-likeness (QED) is 0.0309. The zero-order valence-electron chi connectivity index (χ0n) is 49.8. The summed E-state index contributed by atoms with van der Waals surface area (Å²) < 4.78 is 62.3. The molecule has 0 N–H and O–H groups in total. The summed E-state index contributed by atoms with van der Waals surface area (Å²) in [5.74, 6) is 2.57. The molecule has 75 heavy (non-hydrogen) atoms.